The molecule has 1 nitrogen and oxygen atoms in total. The molecular formula is C20H26BrN. The molecule has 0 amide bonds. The van der Waals surface area contributed by atoms with Crippen molar-refractivity contribution in [3.8, 4) is 0 Å². The van der Waals surface area contributed by atoms with Gasteiger partial charge in [0.05, 0.1) is 0 Å². The number of para-hydroxylation sites is 2. The first-order valence-electron chi connectivity index (χ1n) is 8.38. The van der Waals surface area contributed by atoms with Gasteiger partial charge in [0.15, 0.2) is 0 Å². The molecule has 0 radical (unpaired) electrons. The van der Waals surface area contributed by atoms with Gasteiger partial charge >= 0.3 is 0 Å². The highest BCUT2D eigenvalue weighted by atomic mass is 79.9. The number of aromatic amines is 1. The molecule has 0 saturated heterocycles. The van der Waals surface area contributed by atoms with Gasteiger partial charge in [-0.1, -0.05) is 91.4 Å². The molecule has 1 N–H and O–H groups in total. The topological polar surface area (TPSA) is 15.8 Å². The van der Waals surface area contributed by atoms with Crippen LogP contribution < -0.4 is 0 Å². The van der Waals surface area contributed by atoms with Crippen LogP contribution in [0.2, 0.25) is 0 Å². The average molecular weight is 360 g/mol. The van der Waals surface area contributed by atoms with Crippen molar-refractivity contribution in [2.45, 2.75) is 45.4 Å². The number of halogens is 1. The molecule has 1 heterocycles. The van der Waals surface area contributed by atoms with Gasteiger partial charge in [-0.25, -0.2) is 0 Å². The van der Waals surface area contributed by atoms with Gasteiger partial charge in [-0.3, -0.25) is 0 Å². The van der Waals surface area contributed by atoms with Gasteiger partial charge in [-0.05, 0) is 18.6 Å². The fourth-order valence-corrected chi connectivity index (χ4v) is 3.07. The standard InChI is InChI=1S/C12H9N.C8H17Br/c1-3-7-11-9(5-1)10-6-2-4-8-12(10)13-11;1-2-3-4-5-6-7-8-9/h1-8,13H;2-8H2,1H3. The molecule has 2 heteroatoms. The predicted octanol–water partition coefficient (Wildman–Crippen LogP) is 7.06. The van der Waals surface area contributed by atoms with E-state index in [0.29, 0.717) is 0 Å². The van der Waals surface area contributed by atoms with E-state index in [1.165, 1.54) is 65.7 Å². The molecule has 0 aliphatic heterocycles. The van der Waals surface area contributed by atoms with Crippen molar-refractivity contribution < 1.29 is 0 Å². The first kappa shape index (κ1) is 17.1. The van der Waals surface area contributed by atoms with E-state index < -0.39 is 0 Å². The number of rotatable bonds is 6. The number of fused-ring (bicyclic) bond motifs is 3. The molecule has 22 heavy (non-hydrogen) atoms. The number of benzene rings is 2. The minimum atomic E-state index is 1.18. The van der Waals surface area contributed by atoms with Crippen LogP contribution in [0.5, 0.6) is 0 Å². The van der Waals surface area contributed by atoms with Gasteiger partial charge in [0.25, 0.3) is 0 Å². The van der Waals surface area contributed by atoms with Crippen LogP contribution >= 0.6 is 15.9 Å². The van der Waals surface area contributed by atoms with E-state index in [1.54, 1.807) is 0 Å². The summed E-state index contributed by atoms with van der Waals surface area (Å²) < 4.78 is 0. The summed E-state index contributed by atoms with van der Waals surface area (Å²) in [7, 11) is 0. The number of hydrogen-bond acceptors (Lipinski definition) is 0. The monoisotopic (exact) mass is 359 g/mol. The smallest absolute Gasteiger partial charge is 0.0464 e. The van der Waals surface area contributed by atoms with Gasteiger partial charge in [0.1, 0.15) is 0 Å². The molecule has 0 fully saturated rings. The van der Waals surface area contributed by atoms with Crippen molar-refractivity contribution in [2.24, 2.45) is 0 Å². The average Bonchev–Trinajstić information content (AvgIpc) is 2.94. The lowest BCUT2D eigenvalue weighted by Crippen LogP contribution is -1.78. The molecule has 118 valence electrons. The Bertz CT molecular complexity index is 615. The molecule has 0 bridgehead atoms. The van der Waals surface area contributed by atoms with E-state index in [9.17, 15) is 0 Å². The van der Waals surface area contributed by atoms with E-state index in [1.807, 2.05) is 0 Å². The summed E-state index contributed by atoms with van der Waals surface area (Å²) in [5, 5.41) is 3.79. The van der Waals surface area contributed by atoms with Crippen molar-refractivity contribution in [3.63, 3.8) is 0 Å². The van der Waals surface area contributed by atoms with Crippen LogP contribution in [0.15, 0.2) is 48.5 Å². The SMILES string of the molecule is CCCCCCCCBr.c1ccc2c(c1)[nH]c1ccccc12. The summed E-state index contributed by atoms with van der Waals surface area (Å²) in [6.45, 7) is 2.25. The second kappa shape index (κ2) is 9.68. The van der Waals surface area contributed by atoms with Crippen LogP contribution in [0.1, 0.15) is 45.4 Å². The van der Waals surface area contributed by atoms with Crippen molar-refractivity contribution >= 4 is 37.7 Å². The fourth-order valence-electron chi connectivity index (χ4n) is 2.67. The zero-order chi connectivity index (χ0) is 15.6. The molecule has 0 atom stereocenters. The Hall–Kier alpha value is -1.28. The number of nitrogens with one attached hydrogen (secondary N) is 1. The minimum Gasteiger partial charge on any atom is -0.355 e. The van der Waals surface area contributed by atoms with Gasteiger partial charge < -0.3 is 4.98 Å². The summed E-state index contributed by atoms with van der Waals surface area (Å²) >= 11 is 3.42. The van der Waals surface area contributed by atoms with Crippen LogP contribution in [0.3, 0.4) is 0 Å². The molecule has 1 aromatic heterocycles. The van der Waals surface area contributed by atoms with Gasteiger partial charge in [-0.2, -0.15) is 0 Å². The van der Waals surface area contributed by atoms with E-state index in [0.717, 1.165) is 0 Å². The lowest BCUT2D eigenvalue weighted by atomic mass is 10.1. The van der Waals surface area contributed by atoms with Gasteiger partial charge in [0.2, 0.25) is 0 Å². The Labute approximate surface area is 142 Å². The molecular weight excluding hydrogens is 334 g/mol. The molecule has 3 aromatic rings. The summed E-state index contributed by atoms with van der Waals surface area (Å²) in [6.07, 6.45) is 8.40. The molecule has 0 aliphatic carbocycles. The number of alkyl halides is 1. The maximum atomic E-state index is 3.42. The van der Waals surface area contributed by atoms with Crippen molar-refractivity contribution in [1.82, 2.24) is 4.98 Å². The normalized spacial score (nSPS) is 10.6. The zero-order valence-corrected chi connectivity index (χ0v) is 15.0. The van der Waals surface area contributed by atoms with Crippen LogP contribution in [0.4, 0.5) is 0 Å². The highest BCUT2D eigenvalue weighted by molar-refractivity contribution is 9.09. The largest absolute Gasteiger partial charge is 0.355 e. The number of unbranched alkanes of at least 4 members (excludes halogenated alkanes) is 5. The highest BCUT2D eigenvalue weighted by Gasteiger charge is 2.00. The summed E-state index contributed by atoms with van der Waals surface area (Å²) in [4.78, 5) is 3.38. The lowest BCUT2D eigenvalue weighted by molar-refractivity contribution is 0.628. The van der Waals surface area contributed by atoms with E-state index in [2.05, 4.69) is 76.4 Å². The Balaban J connectivity index is 0.000000175. The summed E-state index contributed by atoms with van der Waals surface area (Å²) in [6, 6.07) is 16.8. The van der Waals surface area contributed by atoms with Gasteiger partial charge in [0, 0.05) is 27.1 Å². The van der Waals surface area contributed by atoms with Crippen LogP contribution in [-0.2, 0) is 0 Å². The Morgan fingerprint density at radius 2 is 1.23 bits per heavy atom. The van der Waals surface area contributed by atoms with E-state index in [4.69, 9.17) is 0 Å². The predicted molar refractivity (Wildman–Crippen MR) is 103 cm³/mol. The van der Waals surface area contributed by atoms with Crippen LogP contribution in [0.25, 0.3) is 21.8 Å². The van der Waals surface area contributed by atoms with Crippen molar-refractivity contribution in [3.05, 3.63) is 48.5 Å². The van der Waals surface area contributed by atoms with Crippen LogP contribution in [-0.4, -0.2) is 10.3 Å². The molecule has 0 unspecified atom stereocenters. The summed E-state index contributed by atoms with van der Waals surface area (Å²) in [5.41, 5.74) is 2.42. The Kier molecular flexibility index (Phi) is 7.51. The van der Waals surface area contributed by atoms with Crippen molar-refractivity contribution in [2.75, 3.05) is 5.33 Å². The maximum absolute atomic E-state index is 3.42. The number of hydrogen-bond donors (Lipinski definition) is 1. The lowest BCUT2D eigenvalue weighted by Gasteiger charge is -1.95. The quantitative estimate of drug-likeness (QED) is 0.358. The molecule has 0 spiro atoms. The first-order valence-corrected chi connectivity index (χ1v) is 9.50. The molecule has 0 saturated carbocycles. The zero-order valence-electron chi connectivity index (χ0n) is 13.4. The van der Waals surface area contributed by atoms with E-state index >= 15 is 0 Å². The summed E-state index contributed by atoms with van der Waals surface area (Å²) in [5.74, 6) is 0. The third-order valence-corrected chi connectivity index (χ3v) is 4.46. The maximum Gasteiger partial charge on any atom is 0.0464 e. The van der Waals surface area contributed by atoms with Gasteiger partial charge in [-0.15, -0.1) is 0 Å². The van der Waals surface area contributed by atoms with Crippen molar-refractivity contribution in [1.29, 1.82) is 0 Å². The number of H-pyrrole nitrogens is 1. The molecule has 0 aliphatic rings. The fraction of sp³-hybridized carbons (Fsp3) is 0.400. The first-order chi connectivity index (χ1) is 10.9. The molecule has 2 aromatic carbocycles. The third kappa shape index (κ3) is 4.88. The third-order valence-electron chi connectivity index (χ3n) is 3.90. The van der Waals surface area contributed by atoms with E-state index in [-0.39, 0.29) is 0 Å². The second-order valence-electron chi connectivity index (χ2n) is 5.67. The van der Waals surface area contributed by atoms with Crippen LogP contribution in [0, 0.1) is 0 Å². The highest BCUT2D eigenvalue weighted by Crippen LogP contribution is 2.24. The number of aromatic nitrogens is 1. The minimum absolute atomic E-state index is 1.18. The Morgan fingerprint density at radius 3 is 1.77 bits per heavy atom. The second-order valence-corrected chi connectivity index (χ2v) is 6.47. The molecule has 3 rings (SSSR count). The Morgan fingerprint density at radius 1 is 0.727 bits per heavy atom.